The van der Waals surface area contributed by atoms with E-state index < -0.39 is 0 Å². The maximum Gasteiger partial charge on any atom is 0.0326 e. The highest BCUT2D eigenvalue weighted by atomic mass is 15.2. The lowest BCUT2D eigenvalue weighted by Gasteiger charge is -2.23. The van der Waals surface area contributed by atoms with Crippen molar-refractivity contribution in [2.75, 3.05) is 6.54 Å². The molecule has 0 amide bonds. The minimum Gasteiger partial charge on any atom is -0.292 e. The Morgan fingerprint density at radius 3 is 2.71 bits per heavy atom. The van der Waals surface area contributed by atoms with Crippen LogP contribution < -0.4 is 0 Å². The molecule has 1 aliphatic heterocycles. The van der Waals surface area contributed by atoms with Crippen LogP contribution in [0.5, 0.6) is 0 Å². The average Bonchev–Trinajstić information content (AvgIpc) is 2.44. The van der Waals surface area contributed by atoms with E-state index in [9.17, 15) is 0 Å². The molecular weight excluding hydrogens is 170 g/mol. The fraction of sp³-hybridized carbons (Fsp3) is 0.538. The minimum absolute atomic E-state index is 0.605. The van der Waals surface area contributed by atoms with Crippen molar-refractivity contribution in [2.45, 2.75) is 33.4 Å². The summed E-state index contributed by atoms with van der Waals surface area (Å²) in [5, 5.41) is 0. The molecule has 1 heteroatoms. The normalized spacial score (nSPS) is 21.6. The zero-order valence-corrected chi connectivity index (χ0v) is 9.33. The Morgan fingerprint density at radius 1 is 1.36 bits per heavy atom. The van der Waals surface area contributed by atoms with Crippen LogP contribution in [0.2, 0.25) is 0 Å². The zero-order chi connectivity index (χ0) is 10.1. The zero-order valence-electron chi connectivity index (χ0n) is 9.33. The molecule has 1 aromatic rings. The van der Waals surface area contributed by atoms with E-state index in [0.29, 0.717) is 6.04 Å². The Balaban J connectivity index is 2.17. The minimum atomic E-state index is 0.605. The average molecular weight is 189 g/mol. The van der Waals surface area contributed by atoms with Crippen molar-refractivity contribution in [1.29, 1.82) is 0 Å². The van der Waals surface area contributed by atoms with Crippen molar-refractivity contribution >= 4 is 0 Å². The van der Waals surface area contributed by atoms with Gasteiger partial charge in [-0.3, -0.25) is 4.90 Å². The molecule has 1 heterocycles. The lowest BCUT2D eigenvalue weighted by molar-refractivity contribution is 0.203. The molecule has 1 atom stereocenters. The van der Waals surface area contributed by atoms with Crippen LogP contribution in [0.1, 0.15) is 37.9 Å². The summed E-state index contributed by atoms with van der Waals surface area (Å²) in [6.07, 6.45) is 0. The molecule has 0 aromatic heterocycles. The second kappa shape index (κ2) is 3.74. The van der Waals surface area contributed by atoms with Crippen molar-refractivity contribution in [3.05, 3.63) is 35.4 Å². The first-order chi connectivity index (χ1) is 6.68. The van der Waals surface area contributed by atoms with Gasteiger partial charge in [-0.1, -0.05) is 38.1 Å². The Bertz CT molecular complexity index is 317. The van der Waals surface area contributed by atoms with Crippen LogP contribution in [0, 0.1) is 5.92 Å². The van der Waals surface area contributed by atoms with E-state index in [4.69, 9.17) is 0 Å². The fourth-order valence-electron chi connectivity index (χ4n) is 2.33. The summed E-state index contributed by atoms with van der Waals surface area (Å²) in [7, 11) is 0. The number of benzene rings is 1. The van der Waals surface area contributed by atoms with E-state index in [-0.39, 0.29) is 0 Å². The van der Waals surface area contributed by atoms with E-state index in [1.54, 1.807) is 0 Å². The molecule has 0 bridgehead atoms. The van der Waals surface area contributed by atoms with Gasteiger partial charge in [-0.25, -0.2) is 0 Å². The molecule has 0 radical (unpaired) electrons. The molecule has 1 unspecified atom stereocenters. The van der Waals surface area contributed by atoms with Crippen LogP contribution in [0.15, 0.2) is 24.3 Å². The summed E-state index contributed by atoms with van der Waals surface area (Å²) in [5.74, 6) is 0.756. The molecule has 0 spiro atoms. The number of rotatable bonds is 2. The molecule has 14 heavy (non-hydrogen) atoms. The lowest BCUT2D eigenvalue weighted by atomic mass is 10.1. The summed E-state index contributed by atoms with van der Waals surface area (Å²) in [4.78, 5) is 2.56. The molecule has 1 nitrogen and oxygen atoms in total. The second-order valence-electron chi connectivity index (χ2n) is 4.70. The Labute approximate surface area is 86.7 Å². The lowest BCUT2D eigenvalue weighted by Crippen LogP contribution is -2.24. The van der Waals surface area contributed by atoms with Crippen LogP contribution in [-0.2, 0) is 6.54 Å². The van der Waals surface area contributed by atoms with Crippen molar-refractivity contribution in [3.63, 3.8) is 0 Å². The van der Waals surface area contributed by atoms with Gasteiger partial charge in [0.15, 0.2) is 0 Å². The number of nitrogens with zero attached hydrogens (tertiary/aromatic N) is 1. The van der Waals surface area contributed by atoms with E-state index in [0.717, 1.165) is 12.5 Å². The summed E-state index contributed by atoms with van der Waals surface area (Å²) < 4.78 is 0. The number of fused-ring (bicyclic) bond motifs is 1. The standard InChI is InChI=1S/C13H19N/c1-10(2)8-14-9-12-6-4-5-7-13(12)11(14)3/h4-7,10-11H,8-9H2,1-3H3. The van der Waals surface area contributed by atoms with Gasteiger partial charge in [0, 0.05) is 19.1 Å². The molecule has 0 N–H and O–H groups in total. The molecule has 1 aromatic carbocycles. The van der Waals surface area contributed by atoms with Gasteiger partial charge in [-0.05, 0) is 24.0 Å². The van der Waals surface area contributed by atoms with Crippen molar-refractivity contribution < 1.29 is 0 Å². The van der Waals surface area contributed by atoms with E-state index >= 15 is 0 Å². The molecule has 1 aliphatic rings. The van der Waals surface area contributed by atoms with E-state index in [2.05, 4.69) is 49.9 Å². The second-order valence-corrected chi connectivity index (χ2v) is 4.70. The van der Waals surface area contributed by atoms with Gasteiger partial charge in [0.25, 0.3) is 0 Å². The Kier molecular flexibility index (Phi) is 2.60. The van der Waals surface area contributed by atoms with E-state index in [1.165, 1.54) is 17.7 Å². The van der Waals surface area contributed by atoms with Gasteiger partial charge >= 0.3 is 0 Å². The third kappa shape index (κ3) is 1.69. The quantitative estimate of drug-likeness (QED) is 0.690. The van der Waals surface area contributed by atoms with Crippen LogP contribution in [0.25, 0.3) is 0 Å². The van der Waals surface area contributed by atoms with Crippen molar-refractivity contribution in [2.24, 2.45) is 5.92 Å². The summed E-state index contributed by atoms with van der Waals surface area (Å²) >= 11 is 0. The molecule has 0 fully saturated rings. The Morgan fingerprint density at radius 2 is 2.07 bits per heavy atom. The van der Waals surface area contributed by atoms with E-state index in [1.807, 2.05) is 0 Å². The summed E-state index contributed by atoms with van der Waals surface area (Å²) in [6, 6.07) is 9.42. The van der Waals surface area contributed by atoms with Gasteiger partial charge in [-0.15, -0.1) is 0 Å². The van der Waals surface area contributed by atoms with Gasteiger partial charge in [0.2, 0.25) is 0 Å². The van der Waals surface area contributed by atoms with Crippen molar-refractivity contribution in [1.82, 2.24) is 4.90 Å². The first-order valence-corrected chi connectivity index (χ1v) is 5.50. The predicted octanol–water partition coefficient (Wildman–Crippen LogP) is 3.22. The SMILES string of the molecule is CC(C)CN1Cc2ccccc2C1C. The van der Waals surface area contributed by atoms with Crippen LogP contribution in [-0.4, -0.2) is 11.4 Å². The maximum absolute atomic E-state index is 2.56. The van der Waals surface area contributed by atoms with Gasteiger partial charge in [0.1, 0.15) is 0 Å². The van der Waals surface area contributed by atoms with Crippen LogP contribution in [0.4, 0.5) is 0 Å². The molecule has 0 saturated heterocycles. The largest absolute Gasteiger partial charge is 0.292 e. The van der Waals surface area contributed by atoms with Crippen LogP contribution in [0.3, 0.4) is 0 Å². The molecular formula is C13H19N. The highest BCUT2D eigenvalue weighted by Crippen LogP contribution is 2.33. The third-order valence-corrected chi connectivity index (χ3v) is 3.03. The number of hydrogen-bond donors (Lipinski definition) is 0. The highest BCUT2D eigenvalue weighted by molar-refractivity contribution is 5.33. The fourth-order valence-corrected chi connectivity index (χ4v) is 2.33. The first-order valence-electron chi connectivity index (χ1n) is 5.50. The van der Waals surface area contributed by atoms with Gasteiger partial charge in [-0.2, -0.15) is 0 Å². The van der Waals surface area contributed by atoms with Crippen molar-refractivity contribution in [3.8, 4) is 0 Å². The monoisotopic (exact) mass is 189 g/mol. The number of hydrogen-bond acceptors (Lipinski definition) is 1. The highest BCUT2D eigenvalue weighted by Gasteiger charge is 2.25. The smallest absolute Gasteiger partial charge is 0.0326 e. The summed E-state index contributed by atoms with van der Waals surface area (Å²) in [6.45, 7) is 9.23. The molecule has 76 valence electrons. The van der Waals surface area contributed by atoms with Gasteiger partial charge in [0.05, 0.1) is 0 Å². The molecule has 0 aliphatic carbocycles. The van der Waals surface area contributed by atoms with Crippen LogP contribution >= 0.6 is 0 Å². The topological polar surface area (TPSA) is 3.24 Å². The Hall–Kier alpha value is -0.820. The molecule has 0 saturated carbocycles. The summed E-state index contributed by atoms with van der Waals surface area (Å²) in [5.41, 5.74) is 3.04. The molecule has 2 rings (SSSR count). The third-order valence-electron chi connectivity index (χ3n) is 3.03. The predicted molar refractivity (Wildman–Crippen MR) is 60.1 cm³/mol. The maximum atomic E-state index is 2.56. The van der Waals surface area contributed by atoms with Gasteiger partial charge < -0.3 is 0 Å². The first kappa shape index (κ1) is 9.72.